The fraction of sp³-hybridized carbons (Fsp3) is 0.125. The summed E-state index contributed by atoms with van der Waals surface area (Å²) in [5.41, 5.74) is 0.877. The van der Waals surface area contributed by atoms with Gasteiger partial charge in [0, 0.05) is 0 Å². The van der Waals surface area contributed by atoms with Crippen molar-refractivity contribution in [1.82, 2.24) is 0 Å². The SMILES string of the molecule is O=C(OC(=O)C(F)(F)F)C(c1ccccc1)c1ccccc1. The second-order valence-electron chi connectivity index (χ2n) is 4.46. The number of halogens is 3. The zero-order valence-corrected chi connectivity index (χ0v) is 11.2. The van der Waals surface area contributed by atoms with Crippen LogP contribution in [-0.2, 0) is 14.3 Å². The molecule has 3 nitrogen and oxygen atoms in total. The monoisotopic (exact) mass is 308 g/mol. The molecule has 0 amide bonds. The number of carbonyl (C=O) groups excluding carboxylic acids is 2. The molecule has 114 valence electrons. The van der Waals surface area contributed by atoms with E-state index in [1.165, 1.54) is 0 Å². The van der Waals surface area contributed by atoms with Gasteiger partial charge in [-0.25, -0.2) is 4.79 Å². The van der Waals surface area contributed by atoms with Crippen LogP contribution in [-0.4, -0.2) is 18.1 Å². The molecular formula is C16H11F3O3. The van der Waals surface area contributed by atoms with Gasteiger partial charge in [0.15, 0.2) is 0 Å². The Labute approximate surface area is 124 Å². The first-order valence-electron chi connectivity index (χ1n) is 6.32. The van der Waals surface area contributed by atoms with E-state index in [-0.39, 0.29) is 0 Å². The quantitative estimate of drug-likeness (QED) is 0.644. The molecule has 0 fully saturated rings. The average molecular weight is 308 g/mol. The van der Waals surface area contributed by atoms with E-state index in [4.69, 9.17) is 0 Å². The Balaban J connectivity index is 2.34. The Morgan fingerprint density at radius 3 is 1.59 bits per heavy atom. The normalized spacial score (nSPS) is 11.3. The largest absolute Gasteiger partial charge is 0.491 e. The molecule has 2 rings (SSSR count). The van der Waals surface area contributed by atoms with Crippen molar-refractivity contribution in [2.75, 3.05) is 0 Å². The van der Waals surface area contributed by atoms with Gasteiger partial charge in [0.2, 0.25) is 0 Å². The van der Waals surface area contributed by atoms with Gasteiger partial charge in [0.05, 0.1) is 0 Å². The van der Waals surface area contributed by atoms with Crippen molar-refractivity contribution < 1.29 is 27.5 Å². The van der Waals surface area contributed by atoms with Crippen LogP contribution in [0.25, 0.3) is 0 Å². The van der Waals surface area contributed by atoms with Gasteiger partial charge >= 0.3 is 18.1 Å². The van der Waals surface area contributed by atoms with Crippen LogP contribution >= 0.6 is 0 Å². The number of rotatable bonds is 3. The third-order valence-electron chi connectivity index (χ3n) is 2.93. The Morgan fingerprint density at radius 2 is 1.23 bits per heavy atom. The molecule has 0 N–H and O–H groups in total. The summed E-state index contributed by atoms with van der Waals surface area (Å²) in [6.07, 6.45) is -5.21. The standard InChI is InChI=1S/C16H11F3O3/c17-16(18,19)15(21)22-14(20)13(11-7-3-1-4-8-11)12-9-5-2-6-10-12/h1-10,13H. The molecule has 0 aromatic heterocycles. The van der Waals surface area contributed by atoms with Gasteiger partial charge < -0.3 is 4.74 Å². The van der Waals surface area contributed by atoms with E-state index in [1.807, 2.05) is 0 Å². The van der Waals surface area contributed by atoms with E-state index in [9.17, 15) is 22.8 Å². The molecule has 0 aliphatic carbocycles. The first kappa shape index (κ1) is 15.8. The van der Waals surface area contributed by atoms with Crippen LogP contribution in [0.15, 0.2) is 60.7 Å². The third-order valence-corrected chi connectivity index (χ3v) is 2.93. The van der Waals surface area contributed by atoms with Gasteiger partial charge in [0.1, 0.15) is 5.92 Å². The maximum atomic E-state index is 12.3. The molecular weight excluding hydrogens is 297 g/mol. The predicted octanol–water partition coefficient (Wildman–Crippen LogP) is 3.45. The Morgan fingerprint density at radius 1 is 0.818 bits per heavy atom. The molecule has 0 unspecified atom stereocenters. The summed E-state index contributed by atoms with van der Waals surface area (Å²) >= 11 is 0. The van der Waals surface area contributed by atoms with E-state index < -0.39 is 24.0 Å². The maximum Gasteiger partial charge on any atom is 0.491 e. The molecule has 0 atom stereocenters. The number of carbonyl (C=O) groups is 2. The molecule has 0 saturated heterocycles. The highest BCUT2D eigenvalue weighted by atomic mass is 19.4. The number of hydrogen-bond donors (Lipinski definition) is 0. The summed E-state index contributed by atoms with van der Waals surface area (Å²) in [7, 11) is 0. The zero-order valence-electron chi connectivity index (χ0n) is 11.2. The summed E-state index contributed by atoms with van der Waals surface area (Å²) < 4.78 is 40.7. The molecule has 0 heterocycles. The number of alkyl halides is 3. The molecule has 2 aromatic rings. The van der Waals surface area contributed by atoms with Crippen molar-refractivity contribution in [3.63, 3.8) is 0 Å². The predicted molar refractivity (Wildman–Crippen MR) is 71.9 cm³/mol. The van der Waals surface area contributed by atoms with Gasteiger partial charge in [-0.2, -0.15) is 13.2 Å². The van der Waals surface area contributed by atoms with Crippen molar-refractivity contribution in [3.8, 4) is 0 Å². The van der Waals surface area contributed by atoms with E-state index >= 15 is 0 Å². The van der Waals surface area contributed by atoms with Crippen molar-refractivity contribution in [1.29, 1.82) is 0 Å². The molecule has 0 spiro atoms. The third kappa shape index (κ3) is 3.72. The van der Waals surface area contributed by atoms with E-state index in [1.54, 1.807) is 60.7 Å². The summed E-state index contributed by atoms with van der Waals surface area (Å²) in [6.45, 7) is 0. The van der Waals surface area contributed by atoms with Crippen LogP contribution < -0.4 is 0 Å². The molecule has 0 aliphatic heterocycles. The molecule has 2 aromatic carbocycles. The number of hydrogen-bond acceptors (Lipinski definition) is 3. The Kier molecular flexibility index (Phi) is 4.60. The van der Waals surface area contributed by atoms with Crippen LogP contribution in [0.4, 0.5) is 13.2 Å². The van der Waals surface area contributed by atoms with Crippen molar-refractivity contribution >= 4 is 11.9 Å². The van der Waals surface area contributed by atoms with Crippen LogP contribution in [0.1, 0.15) is 17.0 Å². The average Bonchev–Trinajstić information content (AvgIpc) is 2.48. The van der Waals surface area contributed by atoms with Crippen LogP contribution in [0.3, 0.4) is 0 Å². The van der Waals surface area contributed by atoms with E-state index in [2.05, 4.69) is 4.74 Å². The highest BCUT2D eigenvalue weighted by Crippen LogP contribution is 2.27. The summed E-state index contributed by atoms with van der Waals surface area (Å²) in [5, 5.41) is 0. The van der Waals surface area contributed by atoms with Gasteiger partial charge in [-0.3, -0.25) is 4.79 Å². The van der Waals surface area contributed by atoms with Crippen molar-refractivity contribution in [3.05, 3.63) is 71.8 Å². The fourth-order valence-electron chi connectivity index (χ4n) is 1.96. The van der Waals surface area contributed by atoms with E-state index in [0.29, 0.717) is 11.1 Å². The van der Waals surface area contributed by atoms with Crippen molar-refractivity contribution in [2.45, 2.75) is 12.1 Å². The minimum atomic E-state index is -5.21. The van der Waals surface area contributed by atoms with Gasteiger partial charge in [-0.05, 0) is 11.1 Å². The highest BCUT2D eigenvalue weighted by molar-refractivity contribution is 5.93. The summed E-state index contributed by atoms with van der Waals surface area (Å²) in [6, 6.07) is 16.3. The Bertz CT molecular complexity index is 612. The summed E-state index contributed by atoms with van der Waals surface area (Å²) in [5.74, 6) is -4.89. The lowest BCUT2D eigenvalue weighted by Gasteiger charge is -2.16. The number of benzene rings is 2. The Hall–Kier alpha value is -2.63. The smallest absolute Gasteiger partial charge is 0.386 e. The molecule has 6 heteroatoms. The highest BCUT2D eigenvalue weighted by Gasteiger charge is 2.43. The topological polar surface area (TPSA) is 43.4 Å². The second-order valence-corrected chi connectivity index (χ2v) is 4.46. The lowest BCUT2D eigenvalue weighted by Crippen LogP contribution is -2.30. The second kappa shape index (κ2) is 6.43. The molecule has 0 bridgehead atoms. The molecule has 0 radical (unpaired) electrons. The minimum Gasteiger partial charge on any atom is -0.386 e. The maximum absolute atomic E-state index is 12.3. The summed E-state index contributed by atoms with van der Waals surface area (Å²) in [4.78, 5) is 22.9. The van der Waals surface area contributed by atoms with Gasteiger partial charge in [0.25, 0.3) is 0 Å². The lowest BCUT2D eigenvalue weighted by atomic mass is 9.91. The molecule has 0 saturated carbocycles. The molecule has 22 heavy (non-hydrogen) atoms. The first-order chi connectivity index (χ1) is 10.4. The zero-order chi connectivity index (χ0) is 16.2. The van der Waals surface area contributed by atoms with Crippen molar-refractivity contribution in [2.24, 2.45) is 0 Å². The lowest BCUT2D eigenvalue weighted by molar-refractivity contribution is -0.202. The fourth-order valence-corrected chi connectivity index (χ4v) is 1.96. The minimum absolute atomic E-state index is 0.439. The number of ether oxygens (including phenoxy) is 1. The van der Waals surface area contributed by atoms with E-state index in [0.717, 1.165) is 0 Å². The molecule has 0 aliphatic rings. The van der Waals surface area contributed by atoms with Gasteiger partial charge in [-0.1, -0.05) is 60.7 Å². The van der Waals surface area contributed by atoms with Gasteiger partial charge in [-0.15, -0.1) is 0 Å². The first-order valence-corrected chi connectivity index (χ1v) is 6.32. The van der Waals surface area contributed by atoms with Crippen LogP contribution in [0.5, 0.6) is 0 Å². The van der Waals surface area contributed by atoms with Crippen LogP contribution in [0, 0.1) is 0 Å². The van der Waals surface area contributed by atoms with Crippen LogP contribution in [0.2, 0.25) is 0 Å². The number of esters is 2.